The molecule has 0 aromatic heterocycles. The number of nitro benzene ring substituents is 2. The fourth-order valence-corrected chi connectivity index (χ4v) is 3.63. The van der Waals surface area contributed by atoms with Crippen LogP contribution in [0.15, 0.2) is 18.2 Å². The molecule has 0 radical (unpaired) electrons. The van der Waals surface area contributed by atoms with Gasteiger partial charge < -0.3 is 29.4 Å². The van der Waals surface area contributed by atoms with Gasteiger partial charge in [-0.05, 0) is 33.8 Å². The molecule has 30 heavy (non-hydrogen) atoms. The average molecular weight is 427 g/mol. The molecular formula is C18H25N3O9. The fraction of sp³-hybridized carbons (Fsp3) is 0.667. The van der Waals surface area contributed by atoms with Gasteiger partial charge in [0, 0.05) is 6.07 Å². The second kappa shape index (κ2) is 8.04. The molecule has 0 unspecified atom stereocenters. The van der Waals surface area contributed by atoms with E-state index in [9.17, 15) is 25.3 Å². The van der Waals surface area contributed by atoms with Crippen LogP contribution < -0.4 is 5.32 Å². The highest BCUT2D eigenvalue weighted by molar-refractivity contribution is 5.65. The first-order valence-corrected chi connectivity index (χ1v) is 9.40. The van der Waals surface area contributed by atoms with Crippen LogP contribution in [0.2, 0.25) is 0 Å². The van der Waals surface area contributed by atoms with Crippen molar-refractivity contribution < 1.29 is 33.9 Å². The van der Waals surface area contributed by atoms with E-state index < -0.39 is 63.8 Å². The van der Waals surface area contributed by atoms with Gasteiger partial charge in [0.05, 0.1) is 35.2 Å². The quantitative estimate of drug-likeness (QED) is 0.487. The van der Waals surface area contributed by atoms with Crippen LogP contribution in [-0.4, -0.2) is 64.1 Å². The van der Waals surface area contributed by atoms with Gasteiger partial charge in [0.2, 0.25) is 0 Å². The Kier molecular flexibility index (Phi) is 5.98. The summed E-state index contributed by atoms with van der Waals surface area (Å²) in [7, 11) is 0. The minimum Gasteiger partial charge on any atom is -0.394 e. The predicted octanol–water partition coefficient (Wildman–Crippen LogP) is 1.95. The molecule has 2 aliphatic heterocycles. The van der Waals surface area contributed by atoms with E-state index in [0.717, 1.165) is 12.1 Å². The number of non-ortho nitro benzene ring substituents is 1. The molecule has 1 aromatic rings. The molecule has 2 fully saturated rings. The summed E-state index contributed by atoms with van der Waals surface area (Å²) < 4.78 is 23.4. The maximum Gasteiger partial charge on any atom is 0.299 e. The zero-order valence-electron chi connectivity index (χ0n) is 17.1. The number of aliphatic hydroxyl groups excluding tert-OH is 1. The lowest BCUT2D eigenvalue weighted by Crippen LogP contribution is -2.48. The molecule has 2 aliphatic rings. The van der Waals surface area contributed by atoms with E-state index in [0.29, 0.717) is 0 Å². The maximum atomic E-state index is 11.4. The molecule has 2 N–H and O–H groups in total. The molecule has 1 aromatic carbocycles. The van der Waals surface area contributed by atoms with Crippen molar-refractivity contribution in [2.45, 2.75) is 63.6 Å². The van der Waals surface area contributed by atoms with Crippen LogP contribution in [-0.2, 0) is 18.9 Å². The number of nitrogens with zero attached hydrogens (tertiary/aromatic N) is 2. The minimum absolute atomic E-state index is 0.0145. The Morgan fingerprint density at radius 3 is 2.37 bits per heavy atom. The number of anilines is 1. The summed E-state index contributed by atoms with van der Waals surface area (Å²) in [5, 5.41) is 35.3. The molecule has 0 amide bonds. The van der Waals surface area contributed by atoms with Crippen LogP contribution in [0.4, 0.5) is 17.1 Å². The van der Waals surface area contributed by atoms with Crippen molar-refractivity contribution >= 4 is 17.1 Å². The Labute approximate surface area is 172 Å². The Morgan fingerprint density at radius 1 is 1.13 bits per heavy atom. The summed E-state index contributed by atoms with van der Waals surface area (Å²) in [6.45, 7) is 6.78. The van der Waals surface area contributed by atoms with Crippen LogP contribution in [0.3, 0.4) is 0 Å². The summed E-state index contributed by atoms with van der Waals surface area (Å²) in [5.41, 5.74) is -0.884. The first-order chi connectivity index (χ1) is 13.9. The molecule has 2 heterocycles. The second-order valence-electron chi connectivity index (χ2n) is 8.08. The highest BCUT2D eigenvalue weighted by Crippen LogP contribution is 2.38. The van der Waals surface area contributed by atoms with Crippen molar-refractivity contribution in [2.24, 2.45) is 0 Å². The van der Waals surface area contributed by atoms with E-state index in [1.54, 1.807) is 27.7 Å². The molecule has 12 heteroatoms. The summed E-state index contributed by atoms with van der Waals surface area (Å²) in [6, 6.07) is 2.42. The SMILES string of the molecule is CC1(C)O[C@@H]([C@@H]2COC(C)(C)O2)[C@H]([C@@H](CO)Nc2ccc([N+](=O)[O-])cc2[N+](=O)[O-])O1. The normalized spacial score (nSPS) is 28.2. The van der Waals surface area contributed by atoms with Crippen molar-refractivity contribution in [3.05, 3.63) is 38.4 Å². The molecule has 0 bridgehead atoms. The van der Waals surface area contributed by atoms with Gasteiger partial charge in [0.1, 0.15) is 24.0 Å². The van der Waals surface area contributed by atoms with E-state index in [2.05, 4.69) is 5.32 Å². The first-order valence-electron chi connectivity index (χ1n) is 9.40. The standard InChI is InChI=1S/C18H25N3O9/c1-17(2)27-9-14(28-17)16-15(29-18(3,4)30-16)12(8-22)19-11-6-5-10(20(23)24)7-13(11)21(25)26/h5-7,12,14-16,19,22H,8-9H2,1-4H3/t12-,14+,15+,16+/m1/s1. The largest absolute Gasteiger partial charge is 0.394 e. The van der Waals surface area contributed by atoms with Gasteiger partial charge in [-0.3, -0.25) is 20.2 Å². The number of ether oxygens (including phenoxy) is 4. The summed E-state index contributed by atoms with van der Waals surface area (Å²) in [6.07, 6.45) is -1.83. The maximum absolute atomic E-state index is 11.4. The van der Waals surface area contributed by atoms with Crippen LogP contribution >= 0.6 is 0 Å². The van der Waals surface area contributed by atoms with Gasteiger partial charge in [-0.25, -0.2) is 0 Å². The smallest absolute Gasteiger partial charge is 0.299 e. The molecule has 166 valence electrons. The van der Waals surface area contributed by atoms with E-state index >= 15 is 0 Å². The summed E-state index contributed by atoms with van der Waals surface area (Å²) >= 11 is 0. The molecule has 3 rings (SSSR count). The van der Waals surface area contributed by atoms with Gasteiger partial charge in [-0.1, -0.05) is 0 Å². The van der Waals surface area contributed by atoms with Crippen molar-refractivity contribution in [1.82, 2.24) is 0 Å². The van der Waals surface area contributed by atoms with Gasteiger partial charge in [0.15, 0.2) is 11.6 Å². The van der Waals surface area contributed by atoms with Crippen LogP contribution in [0.1, 0.15) is 27.7 Å². The van der Waals surface area contributed by atoms with Crippen LogP contribution in [0.5, 0.6) is 0 Å². The van der Waals surface area contributed by atoms with Crippen molar-refractivity contribution in [1.29, 1.82) is 0 Å². The van der Waals surface area contributed by atoms with Crippen LogP contribution in [0, 0.1) is 20.2 Å². The number of nitrogens with one attached hydrogen (secondary N) is 1. The van der Waals surface area contributed by atoms with E-state index in [1.807, 2.05) is 0 Å². The Bertz CT molecular complexity index is 829. The third-order valence-electron chi connectivity index (χ3n) is 4.88. The molecule has 0 aliphatic carbocycles. The van der Waals surface area contributed by atoms with E-state index in [-0.39, 0.29) is 12.3 Å². The van der Waals surface area contributed by atoms with Crippen molar-refractivity contribution in [3.63, 3.8) is 0 Å². The lowest BCUT2D eigenvalue weighted by molar-refractivity contribution is -0.393. The van der Waals surface area contributed by atoms with Gasteiger partial charge >= 0.3 is 0 Å². The average Bonchev–Trinajstić information content (AvgIpc) is 3.17. The predicted molar refractivity (Wildman–Crippen MR) is 103 cm³/mol. The number of rotatable bonds is 7. The fourth-order valence-electron chi connectivity index (χ4n) is 3.63. The van der Waals surface area contributed by atoms with Crippen molar-refractivity contribution in [3.8, 4) is 0 Å². The number of benzene rings is 1. The lowest BCUT2D eigenvalue weighted by atomic mass is 10.0. The monoisotopic (exact) mass is 427 g/mol. The molecule has 0 saturated carbocycles. The topological polar surface area (TPSA) is 155 Å². The van der Waals surface area contributed by atoms with E-state index in [4.69, 9.17) is 18.9 Å². The molecule has 2 saturated heterocycles. The Balaban J connectivity index is 1.87. The van der Waals surface area contributed by atoms with Gasteiger partial charge in [-0.2, -0.15) is 0 Å². The molecule has 4 atom stereocenters. The van der Waals surface area contributed by atoms with Crippen LogP contribution in [0.25, 0.3) is 0 Å². The minimum atomic E-state index is -0.984. The zero-order chi connectivity index (χ0) is 22.3. The molecule has 12 nitrogen and oxygen atoms in total. The second-order valence-corrected chi connectivity index (χ2v) is 8.08. The highest BCUT2D eigenvalue weighted by atomic mass is 16.8. The molecule has 0 spiro atoms. The van der Waals surface area contributed by atoms with Gasteiger partial charge in [0.25, 0.3) is 11.4 Å². The Hall–Kier alpha value is -2.38. The number of hydrogen-bond donors (Lipinski definition) is 2. The Morgan fingerprint density at radius 2 is 1.83 bits per heavy atom. The zero-order valence-corrected chi connectivity index (χ0v) is 17.1. The lowest BCUT2D eigenvalue weighted by Gasteiger charge is -2.29. The number of nitro groups is 2. The number of hydrogen-bond acceptors (Lipinski definition) is 10. The summed E-state index contributed by atoms with van der Waals surface area (Å²) in [4.78, 5) is 20.9. The first kappa shape index (κ1) is 22.3. The molecular weight excluding hydrogens is 402 g/mol. The third-order valence-corrected chi connectivity index (χ3v) is 4.88. The summed E-state index contributed by atoms with van der Waals surface area (Å²) in [5.74, 6) is -1.79. The van der Waals surface area contributed by atoms with E-state index in [1.165, 1.54) is 6.07 Å². The van der Waals surface area contributed by atoms with Crippen molar-refractivity contribution in [2.75, 3.05) is 18.5 Å². The third kappa shape index (κ3) is 4.68. The number of aliphatic hydroxyl groups is 1. The van der Waals surface area contributed by atoms with Gasteiger partial charge in [-0.15, -0.1) is 0 Å². The highest BCUT2D eigenvalue weighted by Gasteiger charge is 2.52.